The molecule has 0 saturated carbocycles. The second kappa shape index (κ2) is 5.95. The SMILES string of the molecule is CN1C(=O)NC2(CCN(S(=O)(=O)c3cccc(C(F)(F)F)c3)CC2)C1=O. The van der Waals surface area contributed by atoms with Crippen molar-refractivity contribution < 1.29 is 31.2 Å². The number of amides is 3. The number of likely N-dealkylation sites (N-methyl/N-ethyl adjacent to an activating group) is 1. The average Bonchev–Trinajstić information content (AvgIpc) is 2.79. The molecule has 0 bridgehead atoms. The van der Waals surface area contributed by atoms with Gasteiger partial charge in [-0.3, -0.25) is 9.69 Å². The van der Waals surface area contributed by atoms with Gasteiger partial charge >= 0.3 is 12.2 Å². The van der Waals surface area contributed by atoms with E-state index in [2.05, 4.69) is 5.32 Å². The highest BCUT2D eigenvalue weighted by Gasteiger charge is 2.52. The quantitative estimate of drug-likeness (QED) is 0.773. The Labute approximate surface area is 147 Å². The Balaban J connectivity index is 1.81. The number of imide groups is 1. The predicted octanol–water partition coefficient (Wildman–Crippen LogP) is 1.41. The lowest BCUT2D eigenvalue weighted by molar-refractivity contribution is -0.137. The molecule has 2 aliphatic rings. The Hall–Kier alpha value is -2.14. The lowest BCUT2D eigenvalue weighted by atomic mass is 9.88. The lowest BCUT2D eigenvalue weighted by Crippen LogP contribution is -2.55. The highest BCUT2D eigenvalue weighted by molar-refractivity contribution is 7.89. The first kappa shape index (κ1) is 18.6. The molecular weight excluding hydrogens is 375 g/mol. The fourth-order valence-electron chi connectivity index (χ4n) is 3.18. The molecule has 2 fully saturated rings. The van der Waals surface area contributed by atoms with Gasteiger partial charge in [0.2, 0.25) is 10.0 Å². The fourth-order valence-corrected chi connectivity index (χ4v) is 4.67. The van der Waals surface area contributed by atoms with Crippen molar-refractivity contribution in [1.29, 1.82) is 0 Å². The first-order valence-electron chi connectivity index (χ1n) is 7.75. The van der Waals surface area contributed by atoms with Crippen LogP contribution in [0.3, 0.4) is 0 Å². The third kappa shape index (κ3) is 2.94. The average molecular weight is 391 g/mol. The molecule has 2 aliphatic heterocycles. The van der Waals surface area contributed by atoms with E-state index in [0.717, 1.165) is 27.4 Å². The number of rotatable bonds is 2. The molecule has 142 valence electrons. The molecule has 2 saturated heterocycles. The summed E-state index contributed by atoms with van der Waals surface area (Å²) in [7, 11) is -2.81. The molecular formula is C15H16F3N3O4S. The van der Waals surface area contributed by atoms with E-state index in [9.17, 15) is 31.2 Å². The van der Waals surface area contributed by atoms with Gasteiger partial charge in [-0.25, -0.2) is 13.2 Å². The molecule has 1 aromatic rings. The van der Waals surface area contributed by atoms with E-state index in [4.69, 9.17) is 0 Å². The van der Waals surface area contributed by atoms with E-state index >= 15 is 0 Å². The van der Waals surface area contributed by atoms with E-state index in [0.29, 0.717) is 6.07 Å². The van der Waals surface area contributed by atoms with Crippen molar-refractivity contribution >= 4 is 22.0 Å². The number of sulfonamides is 1. The van der Waals surface area contributed by atoms with Crippen LogP contribution in [0.5, 0.6) is 0 Å². The maximum Gasteiger partial charge on any atom is 0.416 e. The van der Waals surface area contributed by atoms with Gasteiger partial charge in [0.15, 0.2) is 0 Å². The number of nitrogens with zero attached hydrogens (tertiary/aromatic N) is 2. The molecule has 3 rings (SSSR count). The van der Waals surface area contributed by atoms with E-state index in [-0.39, 0.29) is 25.9 Å². The number of carbonyl (C=O) groups excluding carboxylic acids is 2. The molecule has 2 heterocycles. The zero-order valence-electron chi connectivity index (χ0n) is 13.7. The van der Waals surface area contributed by atoms with Crippen molar-refractivity contribution in [2.45, 2.75) is 29.5 Å². The molecule has 0 atom stereocenters. The number of alkyl halides is 3. The van der Waals surface area contributed by atoms with Crippen LogP contribution in [0.15, 0.2) is 29.2 Å². The summed E-state index contributed by atoms with van der Waals surface area (Å²) in [6.45, 7) is -0.170. The third-order valence-corrected chi connectivity index (χ3v) is 6.63. The zero-order valence-corrected chi connectivity index (χ0v) is 14.5. The third-order valence-electron chi connectivity index (χ3n) is 4.74. The number of halogens is 3. The molecule has 1 N–H and O–H groups in total. The molecule has 3 amide bonds. The minimum Gasteiger partial charge on any atom is -0.323 e. The second-order valence-corrected chi connectivity index (χ2v) is 8.24. The molecule has 0 aromatic heterocycles. The van der Waals surface area contributed by atoms with Crippen LogP contribution in [-0.2, 0) is 21.0 Å². The Morgan fingerprint density at radius 2 is 1.77 bits per heavy atom. The van der Waals surface area contributed by atoms with Gasteiger partial charge in [0.05, 0.1) is 10.5 Å². The normalized spacial score (nSPS) is 21.3. The van der Waals surface area contributed by atoms with Crippen LogP contribution < -0.4 is 5.32 Å². The summed E-state index contributed by atoms with van der Waals surface area (Å²) in [5, 5.41) is 2.58. The van der Waals surface area contributed by atoms with Gasteiger partial charge in [0, 0.05) is 20.1 Å². The number of hydrogen-bond donors (Lipinski definition) is 1. The number of hydrogen-bond acceptors (Lipinski definition) is 4. The standard InChI is InChI=1S/C15H16F3N3O4S/c1-20-12(22)14(19-13(20)23)5-7-21(8-6-14)26(24,25)11-4-2-3-10(9-11)15(16,17)18/h2-4,9H,5-8H2,1H3,(H,19,23). The summed E-state index contributed by atoms with van der Waals surface area (Å²) in [6, 6.07) is 2.98. The summed E-state index contributed by atoms with van der Waals surface area (Å²) in [6.07, 6.45) is -4.54. The largest absolute Gasteiger partial charge is 0.416 e. The first-order chi connectivity index (χ1) is 12.0. The number of piperidine rings is 1. The molecule has 1 aromatic carbocycles. The van der Waals surface area contributed by atoms with Gasteiger partial charge in [0.1, 0.15) is 5.54 Å². The number of nitrogens with one attached hydrogen (secondary N) is 1. The van der Waals surface area contributed by atoms with Gasteiger partial charge < -0.3 is 5.32 Å². The molecule has 0 aliphatic carbocycles. The first-order valence-corrected chi connectivity index (χ1v) is 9.19. The molecule has 26 heavy (non-hydrogen) atoms. The summed E-state index contributed by atoms with van der Waals surface area (Å²) in [5.74, 6) is -0.432. The van der Waals surface area contributed by atoms with Gasteiger partial charge in [-0.2, -0.15) is 17.5 Å². The zero-order chi connectivity index (χ0) is 19.3. The van der Waals surface area contributed by atoms with Crippen molar-refractivity contribution in [3.63, 3.8) is 0 Å². The molecule has 1 spiro atoms. The van der Waals surface area contributed by atoms with Crippen LogP contribution in [-0.4, -0.2) is 55.2 Å². The van der Waals surface area contributed by atoms with Crippen LogP contribution in [0.25, 0.3) is 0 Å². The van der Waals surface area contributed by atoms with Crippen LogP contribution in [0.2, 0.25) is 0 Å². The van der Waals surface area contributed by atoms with Crippen molar-refractivity contribution in [3.05, 3.63) is 29.8 Å². The van der Waals surface area contributed by atoms with E-state index in [1.807, 2.05) is 0 Å². The minimum atomic E-state index is -4.65. The van der Waals surface area contributed by atoms with Crippen LogP contribution >= 0.6 is 0 Å². The Kier molecular flexibility index (Phi) is 4.26. The van der Waals surface area contributed by atoms with E-state index in [1.165, 1.54) is 7.05 Å². The van der Waals surface area contributed by atoms with Gasteiger partial charge in [-0.1, -0.05) is 6.07 Å². The summed E-state index contributed by atoms with van der Waals surface area (Å²) >= 11 is 0. The van der Waals surface area contributed by atoms with E-state index in [1.54, 1.807) is 0 Å². The Morgan fingerprint density at radius 3 is 2.27 bits per heavy atom. The lowest BCUT2D eigenvalue weighted by Gasteiger charge is -2.36. The summed E-state index contributed by atoms with van der Waals surface area (Å²) < 4.78 is 64.8. The predicted molar refractivity (Wildman–Crippen MR) is 83.5 cm³/mol. The van der Waals surface area contributed by atoms with Crippen molar-refractivity contribution in [3.8, 4) is 0 Å². The van der Waals surface area contributed by atoms with Crippen molar-refractivity contribution in [2.75, 3.05) is 20.1 Å². The summed E-state index contributed by atoms with van der Waals surface area (Å²) in [5.41, 5.74) is -2.20. The topological polar surface area (TPSA) is 86.8 Å². The van der Waals surface area contributed by atoms with Gasteiger partial charge in [0.25, 0.3) is 5.91 Å². The molecule has 11 heteroatoms. The number of benzene rings is 1. The highest BCUT2D eigenvalue weighted by Crippen LogP contribution is 2.34. The monoisotopic (exact) mass is 391 g/mol. The van der Waals surface area contributed by atoms with Crippen LogP contribution in [0, 0.1) is 0 Å². The Morgan fingerprint density at radius 1 is 1.15 bits per heavy atom. The highest BCUT2D eigenvalue weighted by atomic mass is 32.2. The molecule has 0 unspecified atom stereocenters. The number of urea groups is 1. The maximum atomic E-state index is 12.8. The molecule has 0 radical (unpaired) electrons. The molecule has 7 nitrogen and oxygen atoms in total. The maximum absolute atomic E-state index is 12.8. The smallest absolute Gasteiger partial charge is 0.323 e. The van der Waals surface area contributed by atoms with Crippen LogP contribution in [0.1, 0.15) is 18.4 Å². The Bertz CT molecular complexity index is 861. The summed E-state index contributed by atoms with van der Waals surface area (Å²) in [4.78, 5) is 24.4. The van der Waals surface area contributed by atoms with Crippen molar-refractivity contribution in [2.24, 2.45) is 0 Å². The number of carbonyl (C=O) groups is 2. The van der Waals surface area contributed by atoms with Gasteiger partial charge in [-0.05, 0) is 31.0 Å². The van der Waals surface area contributed by atoms with Gasteiger partial charge in [-0.15, -0.1) is 0 Å². The van der Waals surface area contributed by atoms with E-state index < -0.39 is 44.1 Å². The fraction of sp³-hybridized carbons (Fsp3) is 0.467. The second-order valence-electron chi connectivity index (χ2n) is 6.31. The van der Waals surface area contributed by atoms with Crippen LogP contribution in [0.4, 0.5) is 18.0 Å². The minimum absolute atomic E-state index is 0.0557. The van der Waals surface area contributed by atoms with Crippen molar-refractivity contribution in [1.82, 2.24) is 14.5 Å².